The summed E-state index contributed by atoms with van der Waals surface area (Å²) in [6, 6.07) is 8.33. The average molecular weight is 364 g/mol. The average Bonchev–Trinajstić information content (AvgIpc) is 3.19. The topological polar surface area (TPSA) is 80.1 Å². The summed E-state index contributed by atoms with van der Waals surface area (Å²) in [6.07, 6.45) is 4.43. The third-order valence-electron chi connectivity index (χ3n) is 5.03. The van der Waals surface area contributed by atoms with E-state index in [0.717, 1.165) is 19.3 Å². The predicted octanol–water partition coefficient (Wildman–Crippen LogP) is 3.78. The van der Waals surface area contributed by atoms with E-state index in [1.54, 1.807) is 0 Å². The number of aryl methyl sites for hydroxylation is 2. The highest BCUT2D eigenvalue weighted by Gasteiger charge is 2.38. The molecule has 6 nitrogen and oxygen atoms in total. The molecule has 1 saturated carbocycles. The molecule has 0 aliphatic heterocycles. The number of furan rings is 1. The van der Waals surface area contributed by atoms with E-state index in [9.17, 15) is 4.79 Å². The highest BCUT2D eigenvalue weighted by molar-refractivity contribution is 6.09. The lowest BCUT2D eigenvalue weighted by atomic mass is 10.1. The van der Waals surface area contributed by atoms with Gasteiger partial charge in [-0.1, -0.05) is 29.8 Å². The maximum absolute atomic E-state index is 12.7. The van der Waals surface area contributed by atoms with Crippen LogP contribution in [0.5, 0.6) is 0 Å². The molecule has 1 aliphatic rings. The van der Waals surface area contributed by atoms with Crippen LogP contribution in [0.15, 0.2) is 34.9 Å². The maximum atomic E-state index is 12.7. The van der Waals surface area contributed by atoms with Gasteiger partial charge in [-0.05, 0) is 45.6 Å². The number of amides is 1. The summed E-state index contributed by atoms with van der Waals surface area (Å²) in [5, 5.41) is 7.09. The van der Waals surface area contributed by atoms with Crippen molar-refractivity contribution < 1.29 is 9.21 Å². The molecule has 27 heavy (non-hydrogen) atoms. The number of hydrogen-bond acceptors (Lipinski definition) is 5. The van der Waals surface area contributed by atoms with Crippen LogP contribution in [-0.2, 0) is 6.42 Å². The highest BCUT2D eigenvalue weighted by atomic mass is 16.3. The molecule has 0 saturated heterocycles. The molecule has 6 heteroatoms. The summed E-state index contributed by atoms with van der Waals surface area (Å²) in [5.74, 6) is 1.13. The molecule has 0 bridgehead atoms. The molecule has 140 valence electrons. The summed E-state index contributed by atoms with van der Waals surface area (Å²) in [5.41, 5.74) is 3.39. The van der Waals surface area contributed by atoms with Gasteiger partial charge >= 0.3 is 0 Å². The van der Waals surface area contributed by atoms with Crippen molar-refractivity contribution in [2.24, 2.45) is 0 Å². The number of fused-ring (bicyclic) bond motifs is 1. The largest absolute Gasteiger partial charge is 0.445 e. The molecule has 2 heterocycles. The van der Waals surface area contributed by atoms with Crippen molar-refractivity contribution >= 4 is 22.8 Å². The first-order valence-electron chi connectivity index (χ1n) is 9.31. The van der Waals surface area contributed by atoms with Gasteiger partial charge in [-0.25, -0.2) is 4.98 Å². The Hall–Kier alpha value is -2.89. The minimum atomic E-state index is -0.169. The van der Waals surface area contributed by atoms with Crippen LogP contribution < -0.4 is 10.6 Å². The lowest BCUT2D eigenvalue weighted by Gasteiger charge is -2.14. The predicted molar refractivity (Wildman–Crippen MR) is 105 cm³/mol. The number of nitrogens with one attached hydrogen (secondary N) is 2. The first-order valence-corrected chi connectivity index (χ1v) is 9.31. The Labute approximate surface area is 158 Å². The maximum Gasteiger partial charge on any atom is 0.255 e. The van der Waals surface area contributed by atoms with Crippen molar-refractivity contribution in [2.45, 2.75) is 45.6 Å². The SMILES string of the molecule is Cc1ccc(CCNC(=O)c2coc3nc(C)nc(NC4(C)CC4)c23)cc1. The fourth-order valence-corrected chi connectivity index (χ4v) is 3.07. The fourth-order valence-electron chi connectivity index (χ4n) is 3.07. The van der Waals surface area contributed by atoms with Crippen LogP contribution >= 0.6 is 0 Å². The number of benzene rings is 1. The van der Waals surface area contributed by atoms with Gasteiger partial charge in [-0.3, -0.25) is 4.79 Å². The second kappa shape index (κ2) is 6.68. The minimum Gasteiger partial charge on any atom is -0.445 e. The monoisotopic (exact) mass is 364 g/mol. The second-order valence-corrected chi connectivity index (χ2v) is 7.63. The van der Waals surface area contributed by atoms with Crippen LogP contribution in [0.3, 0.4) is 0 Å². The van der Waals surface area contributed by atoms with Gasteiger partial charge in [0.05, 0.1) is 10.9 Å². The van der Waals surface area contributed by atoms with E-state index >= 15 is 0 Å². The van der Waals surface area contributed by atoms with E-state index in [2.05, 4.69) is 58.7 Å². The lowest BCUT2D eigenvalue weighted by molar-refractivity contribution is 0.0955. The zero-order valence-corrected chi connectivity index (χ0v) is 15.9. The van der Waals surface area contributed by atoms with Crippen molar-refractivity contribution in [1.29, 1.82) is 0 Å². The molecule has 0 unspecified atom stereocenters. The molecule has 1 aromatic carbocycles. The van der Waals surface area contributed by atoms with Gasteiger partial charge in [0.25, 0.3) is 5.91 Å². The Morgan fingerprint density at radius 2 is 1.93 bits per heavy atom. The van der Waals surface area contributed by atoms with Gasteiger partial charge < -0.3 is 15.1 Å². The minimum absolute atomic E-state index is 0.0458. The Kier molecular flexibility index (Phi) is 4.34. The summed E-state index contributed by atoms with van der Waals surface area (Å²) in [6.45, 7) is 6.59. The van der Waals surface area contributed by atoms with Crippen molar-refractivity contribution in [2.75, 3.05) is 11.9 Å². The third-order valence-corrected chi connectivity index (χ3v) is 5.03. The van der Waals surface area contributed by atoms with Crippen LogP contribution in [0.1, 0.15) is 47.1 Å². The van der Waals surface area contributed by atoms with Crippen LogP contribution in [0, 0.1) is 13.8 Å². The van der Waals surface area contributed by atoms with Gasteiger partial charge in [0.15, 0.2) is 0 Å². The molecule has 2 N–H and O–H groups in total. The number of carbonyl (C=O) groups is 1. The van der Waals surface area contributed by atoms with E-state index in [-0.39, 0.29) is 11.4 Å². The molecule has 0 radical (unpaired) electrons. The van der Waals surface area contributed by atoms with Crippen LogP contribution in [0.2, 0.25) is 0 Å². The zero-order chi connectivity index (χ0) is 19.0. The molecule has 1 fully saturated rings. The van der Waals surface area contributed by atoms with E-state index in [1.165, 1.54) is 17.4 Å². The van der Waals surface area contributed by atoms with E-state index in [4.69, 9.17) is 4.42 Å². The number of rotatable bonds is 6. The van der Waals surface area contributed by atoms with E-state index in [0.29, 0.717) is 34.9 Å². The first kappa shape index (κ1) is 17.5. The fraction of sp³-hybridized carbons (Fsp3) is 0.381. The van der Waals surface area contributed by atoms with Crippen molar-refractivity contribution in [3.8, 4) is 0 Å². The Morgan fingerprint density at radius 1 is 1.19 bits per heavy atom. The lowest BCUT2D eigenvalue weighted by Crippen LogP contribution is -2.26. The number of hydrogen-bond donors (Lipinski definition) is 2. The summed E-state index contributed by atoms with van der Waals surface area (Å²) >= 11 is 0. The Morgan fingerprint density at radius 3 is 2.63 bits per heavy atom. The third kappa shape index (κ3) is 3.79. The second-order valence-electron chi connectivity index (χ2n) is 7.63. The first-order chi connectivity index (χ1) is 12.9. The normalized spacial score (nSPS) is 14.9. The van der Waals surface area contributed by atoms with Crippen molar-refractivity contribution in [1.82, 2.24) is 15.3 Å². The van der Waals surface area contributed by atoms with Gasteiger partial charge in [0.1, 0.15) is 17.9 Å². The van der Waals surface area contributed by atoms with Crippen LogP contribution in [0.25, 0.3) is 11.1 Å². The molecule has 2 aromatic heterocycles. The molecular formula is C21H24N4O2. The molecule has 4 rings (SSSR count). The Balaban J connectivity index is 1.52. The smallest absolute Gasteiger partial charge is 0.255 e. The van der Waals surface area contributed by atoms with Crippen molar-refractivity contribution in [3.63, 3.8) is 0 Å². The molecule has 3 aromatic rings. The number of carbonyl (C=O) groups excluding carboxylic acids is 1. The van der Waals surface area contributed by atoms with Crippen LogP contribution in [0.4, 0.5) is 5.82 Å². The molecular weight excluding hydrogens is 340 g/mol. The molecule has 0 spiro atoms. The van der Waals surface area contributed by atoms with Gasteiger partial charge in [0.2, 0.25) is 5.71 Å². The number of aromatic nitrogens is 2. The highest BCUT2D eigenvalue weighted by Crippen LogP contribution is 2.39. The molecule has 1 amide bonds. The van der Waals surface area contributed by atoms with E-state index in [1.807, 2.05) is 6.92 Å². The Bertz CT molecular complexity index is 987. The molecule has 1 aliphatic carbocycles. The quantitative estimate of drug-likeness (QED) is 0.696. The van der Waals surface area contributed by atoms with Gasteiger partial charge in [-0.2, -0.15) is 4.98 Å². The zero-order valence-electron chi connectivity index (χ0n) is 15.9. The van der Waals surface area contributed by atoms with Crippen molar-refractivity contribution in [3.05, 3.63) is 53.0 Å². The summed E-state index contributed by atoms with van der Waals surface area (Å²) in [4.78, 5) is 21.6. The summed E-state index contributed by atoms with van der Waals surface area (Å²) in [7, 11) is 0. The summed E-state index contributed by atoms with van der Waals surface area (Å²) < 4.78 is 5.55. The number of nitrogens with zero attached hydrogens (tertiary/aromatic N) is 2. The van der Waals surface area contributed by atoms with E-state index < -0.39 is 0 Å². The standard InChI is InChI=1S/C21H24N4O2/c1-13-4-6-15(7-5-13)8-11-22-19(26)16-12-27-20-17(16)18(23-14(2)24-20)25-21(3)9-10-21/h4-7,12H,8-11H2,1-3H3,(H,22,26)(H,23,24,25). The van der Waals surface area contributed by atoms with Gasteiger partial charge in [-0.15, -0.1) is 0 Å². The van der Waals surface area contributed by atoms with Crippen LogP contribution in [-0.4, -0.2) is 28.0 Å². The molecule has 0 atom stereocenters. The van der Waals surface area contributed by atoms with Gasteiger partial charge in [0, 0.05) is 12.1 Å². The number of anilines is 1.